The van der Waals surface area contributed by atoms with Crippen LogP contribution in [0.1, 0.15) is 36.1 Å². The Bertz CT molecular complexity index is 386. The first kappa shape index (κ1) is 14.0. The summed E-state index contributed by atoms with van der Waals surface area (Å²) in [6.07, 6.45) is -0.946. The zero-order chi connectivity index (χ0) is 13.1. The predicted molar refractivity (Wildman–Crippen MR) is 64.0 cm³/mol. The van der Waals surface area contributed by atoms with Crippen molar-refractivity contribution in [3.05, 3.63) is 10.6 Å². The molecule has 0 radical (unpaired) electrons. The first-order valence-corrected chi connectivity index (χ1v) is 6.03. The lowest BCUT2D eigenvalue weighted by molar-refractivity contribution is 0.0803. The molecule has 1 heterocycles. The van der Waals surface area contributed by atoms with E-state index in [0.717, 1.165) is 11.5 Å². The summed E-state index contributed by atoms with van der Waals surface area (Å²) in [4.78, 5) is 12.3. The van der Waals surface area contributed by atoms with Crippen molar-refractivity contribution in [1.29, 1.82) is 0 Å². The fourth-order valence-electron chi connectivity index (χ4n) is 1.19. The molecule has 0 spiro atoms. The third kappa shape index (κ3) is 3.72. The molecule has 7 heteroatoms. The van der Waals surface area contributed by atoms with Gasteiger partial charge in [-0.3, -0.25) is 4.79 Å². The Labute approximate surface area is 104 Å². The predicted octanol–water partition coefficient (Wildman–Crippen LogP) is -0.0814. The Morgan fingerprint density at radius 3 is 2.71 bits per heavy atom. The molecule has 0 saturated carbocycles. The van der Waals surface area contributed by atoms with Crippen LogP contribution in [-0.4, -0.2) is 45.0 Å². The zero-order valence-electron chi connectivity index (χ0n) is 10.1. The molecule has 0 fully saturated rings. The Kier molecular flexibility index (Phi) is 4.55. The van der Waals surface area contributed by atoms with Crippen molar-refractivity contribution in [1.82, 2.24) is 14.9 Å². The lowest BCUT2D eigenvalue weighted by Crippen LogP contribution is -2.34. The van der Waals surface area contributed by atoms with E-state index in [-0.39, 0.29) is 24.5 Å². The van der Waals surface area contributed by atoms with Gasteiger partial charge in [-0.05, 0) is 11.5 Å². The maximum atomic E-state index is 11.8. The van der Waals surface area contributed by atoms with E-state index in [1.54, 1.807) is 0 Å². The number of nitrogens with zero attached hydrogens (tertiary/aromatic N) is 2. The van der Waals surface area contributed by atoms with E-state index in [1.807, 2.05) is 20.8 Å². The quantitative estimate of drug-likeness (QED) is 0.703. The highest BCUT2D eigenvalue weighted by molar-refractivity contribution is 7.08. The summed E-state index contributed by atoms with van der Waals surface area (Å²) in [5.41, 5.74) is 0.383. The van der Waals surface area contributed by atoms with Gasteiger partial charge < -0.3 is 15.5 Å². The van der Waals surface area contributed by atoms with Crippen molar-refractivity contribution in [3.8, 4) is 0 Å². The number of nitrogens with one attached hydrogen (secondary N) is 1. The normalized spacial score (nSPS) is 13.5. The average molecular weight is 259 g/mol. The van der Waals surface area contributed by atoms with Crippen LogP contribution in [0.15, 0.2) is 0 Å². The van der Waals surface area contributed by atoms with Gasteiger partial charge in [-0.15, -0.1) is 5.10 Å². The summed E-state index contributed by atoms with van der Waals surface area (Å²) in [6, 6.07) is 0. The standard InChI is InChI=1S/C10H17N3O3S/c1-10(2,3)8-7(17-13-12-8)9(16)11-4-6(15)5-14/h6,14-15H,4-5H2,1-3H3,(H,11,16). The second-order valence-corrected chi connectivity index (χ2v) is 5.50. The Morgan fingerprint density at radius 2 is 2.18 bits per heavy atom. The fraction of sp³-hybridized carbons (Fsp3) is 0.700. The molecule has 0 aliphatic carbocycles. The minimum atomic E-state index is -0.946. The second-order valence-electron chi connectivity index (χ2n) is 4.75. The number of amides is 1. The largest absolute Gasteiger partial charge is 0.394 e. The van der Waals surface area contributed by atoms with Gasteiger partial charge in [0, 0.05) is 12.0 Å². The molecule has 1 rings (SSSR count). The number of hydrogen-bond donors (Lipinski definition) is 3. The van der Waals surface area contributed by atoms with E-state index in [1.165, 1.54) is 0 Å². The molecule has 96 valence electrons. The molecule has 1 amide bonds. The van der Waals surface area contributed by atoms with Gasteiger partial charge in [0.2, 0.25) is 0 Å². The van der Waals surface area contributed by atoms with Crippen LogP contribution >= 0.6 is 11.5 Å². The molecular weight excluding hydrogens is 242 g/mol. The van der Waals surface area contributed by atoms with Crippen molar-refractivity contribution in [2.24, 2.45) is 0 Å². The van der Waals surface area contributed by atoms with Crippen LogP contribution in [0.5, 0.6) is 0 Å². The van der Waals surface area contributed by atoms with E-state index < -0.39 is 6.10 Å². The van der Waals surface area contributed by atoms with Gasteiger partial charge in [-0.2, -0.15) is 0 Å². The molecule has 0 bridgehead atoms. The first-order valence-electron chi connectivity index (χ1n) is 5.26. The second kappa shape index (κ2) is 5.52. The van der Waals surface area contributed by atoms with E-state index in [4.69, 9.17) is 10.2 Å². The number of aromatic nitrogens is 2. The Morgan fingerprint density at radius 1 is 1.53 bits per heavy atom. The van der Waals surface area contributed by atoms with Crippen LogP contribution in [0.3, 0.4) is 0 Å². The maximum Gasteiger partial charge on any atom is 0.265 e. The number of aliphatic hydroxyl groups excluding tert-OH is 2. The average Bonchev–Trinajstić information content (AvgIpc) is 2.73. The molecule has 6 nitrogen and oxygen atoms in total. The fourth-order valence-corrected chi connectivity index (χ4v) is 1.98. The van der Waals surface area contributed by atoms with Crippen molar-refractivity contribution in [2.75, 3.05) is 13.2 Å². The summed E-state index contributed by atoms with van der Waals surface area (Å²) in [6.45, 7) is 5.47. The highest BCUT2D eigenvalue weighted by Gasteiger charge is 2.26. The van der Waals surface area contributed by atoms with E-state index >= 15 is 0 Å². The molecule has 1 aromatic rings. The maximum absolute atomic E-state index is 11.8. The number of carbonyl (C=O) groups excluding carboxylic acids is 1. The summed E-state index contributed by atoms with van der Waals surface area (Å²) in [7, 11) is 0. The van der Waals surface area contributed by atoms with Gasteiger partial charge >= 0.3 is 0 Å². The van der Waals surface area contributed by atoms with E-state index in [9.17, 15) is 4.79 Å². The number of carbonyl (C=O) groups is 1. The SMILES string of the molecule is CC(C)(C)c1nnsc1C(=O)NCC(O)CO. The molecule has 17 heavy (non-hydrogen) atoms. The lowest BCUT2D eigenvalue weighted by Gasteiger charge is -2.16. The monoisotopic (exact) mass is 259 g/mol. The third-order valence-electron chi connectivity index (χ3n) is 2.11. The van der Waals surface area contributed by atoms with Crippen molar-refractivity contribution in [3.63, 3.8) is 0 Å². The summed E-state index contributed by atoms with van der Waals surface area (Å²) in [5.74, 6) is -0.322. The molecule has 1 unspecified atom stereocenters. The van der Waals surface area contributed by atoms with Crippen LogP contribution in [0, 0.1) is 0 Å². The molecule has 3 N–H and O–H groups in total. The molecule has 0 aromatic carbocycles. The summed E-state index contributed by atoms with van der Waals surface area (Å²) < 4.78 is 3.78. The third-order valence-corrected chi connectivity index (χ3v) is 2.84. The Hall–Kier alpha value is -1.05. The molecule has 0 aliphatic rings. The summed E-state index contributed by atoms with van der Waals surface area (Å²) in [5, 5.41) is 24.3. The minimum absolute atomic E-state index is 0.0107. The van der Waals surface area contributed by atoms with E-state index in [2.05, 4.69) is 14.9 Å². The van der Waals surface area contributed by atoms with Gasteiger partial charge in [-0.25, -0.2) is 0 Å². The van der Waals surface area contributed by atoms with Crippen LogP contribution in [-0.2, 0) is 5.41 Å². The lowest BCUT2D eigenvalue weighted by atomic mass is 9.91. The van der Waals surface area contributed by atoms with Crippen LogP contribution in [0.25, 0.3) is 0 Å². The van der Waals surface area contributed by atoms with Gasteiger partial charge in [0.1, 0.15) is 4.88 Å². The number of rotatable bonds is 4. The summed E-state index contributed by atoms with van der Waals surface area (Å²) >= 11 is 1.03. The topological polar surface area (TPSA) is 95.3 Å². The van der Waals surface area contributed by atoms with Crippen LogP contribution in [0.4, 0.5) is 0 Å². The highest BCUT2D eigenvalue weighted by Crippen LogP contribution is 2.25. The molecular formula is C10H17N3O3S. The Balaban J connectivity index is 2.73. The van der Waals surface area contributed by atoms with Crippen LogP contribution < -0.4 is 5.32 Å². The van der Waals surface area contributed by atoms with Gasteiger partial charge in [0.25, 0.3) is 5.91 Å². The number of aliphatic hydroxyl groups is 2. The minimum Gasteiger partial charge on any atom is -0.394 e. The molecule has 0 saturated heterocycles. The molecule has 0 aliphatic heterocycles. The number of hydrogen-bond acceptors (Lipinski definition) is 6. The van der Waals surface area contributed by atoms with Crippen molar-refractivity contribution in [2.45, 2.75) is 32.3 Å². The van der Waals surface area contributed by atoms with Crippen molar-refractivity contribution >= 4 is 17.4 Å². The first-order chi connectivity index (χ1) is 7.86. The van der Waals surface area contributed by atoms with Gasteiger partial charge in [-0.1, -0.05) is 25.3 Å². The van der Waals surface area contributed by atoms with Gasteiger partial charge in [0.05, 0.1) is 18.4 Å². The molecule has 1 atom stereocenters. The molecule has 1 aromatic heterocycles. The highest BCUT2D eigenvalue weighted by atomic mass is 32.1. The smallest absolute Gasteiger partial charge is 0.265 e. The zero-order valence-corrected chi connectivity index (χ0v) is 10.9. The van der Waals surface area contributed by atoms with Crippen molar-refractivity contribution < 1.29 is 15.0 Å². The van der Waals surface area contributed by atoms with E-state index in [0.29, 0.717) is 10.6 Å². The van der Waals surface area contributed by atoms with Gasteiger partial charge in [0.15, 0.2) is 0 Å². The van der Waals surface area contributed by atoms with Crippen LogP contribution in [0.2, 0.25) is 0 Å².